The first kappa shape index (κ1) is 19.2. The molecule has 0 atom stereocenters. The summed E-state index contributed by atoms with van der Waals surface area (Å²) < 4.78 is 48.4. The highest BCUT2D eigenvalue weighted by atomic mass is 35.5. The van der Waals surface area contributed by atoms with Crippen LogP contribution in [0.15, 0.2) is 30.3 Å². The van der Waals surface area contributed by atoms with E-state index < -0.39 is 11.6 Å². The fourth-order valence-electron chi connectivity index (χ4n) is 1.96. The average Bonchev–Trinajstić information content (AvgIpc) is 2.60. The molecule has 0 radical (unpaired) electrons. The molecule has 0 spiro atoms. The predicted molar refractivity (Wildman–Crippen MR) is 89.9 cm³/mol. The van der Waals surface area contributed by atoms with Gasteiger partial charge in [-0.25, -0.2) is 8.78 Å². The zero-order valence-electron chi connectivity index (χ0n) is 13.6. The minimum Gasteiger partial charge on any atom is -0.491 e. The van der Waals surface area contributed by atoms with Crippen molar-refractivity contribution in [2.75, 3.05) is 32.9 Å². The summed E-state index contributed by atoms with van der Waals surface area (Å²) in [7, 11) is 1.50. The van der Waals surface area contributed by atoms with Crippen LogP contribution in [0, 0.1) is 11.6 Å². The van der Waals surface area contributed by atoms with Gasteiger partial charge in [-0.15, -0.1) is 0 Å². The van der Waals surface area contributed by atoms with Crippen LogP contribution in [-0.4, -0.2) is 27.1 Å². The van der Waals surface area contributed by atoms with E-state index in [-0.39, 0.29) is 37.9 Å². The number of nitrogen functional groups attached to an aromatic ring is 1. The van der Waals surface area contributed by atoms with Crippen LogP contribution in [0.1, 0.15) is 5.56 Å². The molecule has 136 valence electrons. The van der Waals surface area contributed by atoms with Gasteiger partial charge in [-0.1, -0.05) is 11.6 Å². The van der Waals surface area contributed by atoms with Gasteiger partial charge in [-0.3, -0.25) is 0 Å². The summed E-state index contributed by atoms with van der Waals surface area (Å²) in [5, 5.41) is 0.379. The third-order valence-corrected chi connectivity index (χ3v) is 3.53. The third kappa shape index (κ3) is 5.45. The van der Waals surface area contributed by atoms with Crippen LogP contribution >= 0.6 is 11.6 Å². The fourth-order valence-corrected chi connectivity index (χ4v) is 2.08. The highest BCUT2D eigenvalue weighted by molar-refractivity contribution is 6.33. The van der Waals surface area contributed by atoms with Gasteiger partial charge in [0.2, 0.25) is 0 Å². The molecule has 0 unspecified atom stereocenters. The minimum atomic E-state index is -1.03. The molecule has 0 saturated carbocycles. The molecule has 0 bridgehead atoms. The molecule has 0 heterocycles. The van der Waals surface area contributed by atoms with E-state index >= 15 is 0 Å². The van der Waals surface area contributed by atoms with Crippen molar-refractivity contribution in [2.45, 2.75) is 6.61 Å². The zero-order chi connectivity index (χ0) is 18.2. The molecule has 25 heavy (non-hydrogen) atoms. The minimum absolute atomic E-state index is 0.0414. The Hall–Kier alpha value is -2.09. The summed E-state index contributed by atoms with van der Waals surface area (Å²) in [6, 6.07) is 6.96. The Morgan fingerprint density at radius 2 is 1.88 bits per heavy atom. The highest BCUT2D eigenvalue weighted by Gasteiger charge is 2.16. The van der Waals surface area contributed by atoms with Crippen molar-refractivity contribution in [3.8, 4) is 11.5 Å². The lowest BCUT2D eigenvalue weighted by atomic mass is 10.2. The van der Waals surface area contributed by atoms with Gasteiger partial charge >= 0.3 is 0 Å². The Labute approximate surface area is 149 Å². The second kappa shape index (κ2) is 9.41. The molecule has 8 heteroatoms. The molecule has 2 aromatic carbocycles. The topological polar surface area (TPSA) is 62.9 Å². The summed E-state index contributed by atoms with van der Waals surface area (Å²) in [4.78, 5) is 0. The van der Waals surface area contributed by atoms with E-state index in [1.54, 1.807) is 12.1 Å². The van der Waals surface area contributed by atoms with Crippen molar-refractivity contribution in [1.29, 1.82) is 0 Å². The number of anilines is 1. The van der Waals surface area contributed by atoms with Crippen LogP contribution < -0.4 is 15.2 Å². The van der Waals surface area contributed by atoms with Crippen LogP contribution in [0.3, 0.4) is 0 Å². The average molecular weight is 374 g/mol. The maximum absolute atomic E-state index is 14.1. The Morgan fingerprint density at radius 1 is 1.08 bits per heavy atom. The van der Waals surface area contributed by atoms with Crippen molar-refractivity contribution >= 4 is 17.3 Å². The van der Waals surface area contributed by atoms with E-state index in [0.29, 0.717) is 16.5 Å². The molecule has 2 N–H and O–H groups in total. The highest BCUT2D eigenvalue weighted by Crippen LogP contribution is 2.28. The van der Waals surface area contributed by atoms with Gasteiger partial charge in [0.05, 0.1) is 22.9 Å². The standard InChI is InChI=1S/C17H18ClF2NO4/c1-22-10-23-6-7-24-16-5-4-14(19)17(20)12(16)9-25-11-2-3-13(18)15(21)8-11/h2-5,8H,6-7,9-10,21H2,1H3. The number of hydrogen-bond acceptors (Lipinski definition) is 5. The van der Waals surface area contributed by atoms with Gasteiger partial charge in [0.25, 0.3) is 0 Å². The molecular weight excluding hydrogens is 356 g/mol. The van der Waals surface area contributed by atoms with Crippen LogP contribution in [-0.2, 0) is 16.1 Å². The maximum Gasteiger partial charge on any atom is 0.169 e. The quantitative estimate of drug-likeness (QED) is 0.412. The fraction of sp³-hybridized carbons (Fsp3) is 0.294. The van der Waals surface area contributed by atoms with E-state index in [9.17, 15) is 8.78 Å². The largest absolute Gasteiger partial charge is 0.491 e. The van der Waals surface area contributed by atoms with E-state index in [1.807, 2.05) is 0 Å². The molecule has 2 aromatic rings. The lowest BCUT2D eigenvalue weighted by molar-refractivity contribution is -0.0389. The van der Waals surface area contributed by atoms with Gasteiger partial charge in [-0.05, 0) is 24.3 Å². The second-order valence-corrected chi connectivity index (χ2v) is 5.38. The summed E-state index contributed by atoms with van der Waals surface area (Å²) >= 11 is 5.83. The molecule has 0 aliphatic heterocycles. The monoisotopic (exact) mass is 373 g/mol. The van der Waals surface area contributed by atoms with E-state index in [4.69, 9.17) is 36.3 Å². The van der Waals surface area contributed by atoms with E-state index in [1.165, 1.54) is 19.2 Å². The summed E-state index contributed by atoms with van der Waals surface area (Å²) in [6.07, 6.45) is 0. The van der Waals surface area contributed by atoms with Crippen LogP contribution in [0.2, 0.25) is 5.02 Å². The summed E-state index contributed by atoms with van der Waals surface area (Å²) in [6.45, 7) is 0.268. The number of halogens is 3. The first-order valence-corrected chi connectivity index (χ1v) is 7.75. The van der Waals surface area contributed by atoms with E-state index in [2.05, 4.69) is 0 Å². The summed E-state index contributed by atoms with van der Waals surface area (Å²) in [5.41, 5.74) is 5.97. The Kier molecular flexibility index (Phi) is 7.24. The SMILES string of the molecule is COCOCCOc1ccc(F)c(F)c1COc1ccc(Cl)c(N)c1. The normalized spacial score (nSPS) is 10.7. The van der Waals surface area contributed by atoms with Gasteiger partial charge < -0.3 is 24.7 Å². The van der Waals surface area contributed by atoms with E-state index in [0.717, 1.165) is 6.07 Å². The van der Waals surface area contributed by atoms with Crippen molar-refractivity contribution in [3.05, 3.63) is 52.6 Å². The number of rotatable bonds is 9. The predicted octanol–water partition coefficient (Wildman–Crippen LogP) is 3.78. The second-order valence-electron chi connectivity index (χ2n) is 4.97. The Morgan fingerprint density at radius 3 is 2.60 bits per heavy atom. The maximum atomic E-state index is 14.1. The number of benzene rings is 2. The zero-order valence-corrected chi connectivity index (χ0v) is 14.3. The van der Waals surface area contributed by atoms with Gasteiger partial charge in [0.1, 0.15) is 31.5 Å². The molecule has 0 aliphatic carbocycles. The number of hydrogen-bond donors (Lipinski definition) is 1. The first-order valence-electron chi connectivity index (χ1n) is 7.37. The molecule has 0 saturated heterocycles. The molecule has 2 rings (SSSR count). The molecule has 0 aromatic heterocycles. The van der Waals surface area contributed by atoms with Crippen molar-refractivity contribution in [1.82, 2.24) is 0 Å². The van der Waals surface area contributed by atoms with Gasteiger partial charge in [0.15, 0.2) is 11.6 Å². The van der Waals surface area contributed by atoms with Crippen molar-refractivity contribution < 1.29 is 27.7 Å². The molecule has 0 amide bonds. The smallest absolute Gasteiger partial charge is 0.169 e. The van der Waals surface area contributed by atoms with Crippen molar-refractivity contribution in [3.63, 3.8) is 0 Å². The lowest BCUT2D eigenvalue weighted by Crippen LogP contribution is -2.11. The molecular formula is C17H18ClF2NO4. The molecule has 0 fully saturated rings. The third-order valence-electron chi connectivity index (χ3n) is 3.19. The van der Waals surface area contributed by atoms with Gasteiger partial charge in [0, 0.05) is 13.2 Å². The first-order chi connectivity index (χ1) is 12.0. The van der Waals surface area contributed by atoms with Crippen LogP contribution in [0.5, 0.6) is 11.5 Å². The van der Waals surface area contributed by atoms with Crippen molar-refractivity contribution in [2.24, 2.45) is 0 Å². The van der Waals surface area contributed by atoms with Gasteiger partial charge in [-0.2, -0.15) is 0 Å². The number of methoxy groups -OCH3 is 1. The lowest BCUT2D eigenvalue weighted by Gasteiger charge is -2.14. The number of ether oxygens (including phenoxy) is 4. The Bertz CT molecular complexity index is 715. The molecule has 0 aliphatic rings. The van der Waals surface area contributed by atoms with Crippen LogP contribution in [0.4, 0.5) is 14.5 Å². The summed E-state index contributed by atoms with van der Waals surface area (Å²) in [5.74, 6) is -1.48. The number of nitrogens with two attached hydrogens (primary N) is 1. The Balaban J connectivity index is 2.06. The molecule has 5 nitrogen and oxygen atoms in total. The van der Waals surface area contributed by atoms with Crippen LogP contribution in [0.25, 0.3) is 0 Å².